The fraction of sp³-hybridized carbons (Fsp3) is 0.500. The van der Waals surface area contributed by atoms with Gasteiger partial charge < -0.3 is 0 Å². The van der Waals surface area contributed by atoms with Gasteiger partial charge in [-0.25, -0.2) is 4.39 Å². The number of hydrogen-bond donors (Lipinski definition) is 0. The minimum atomic E-state index is -6.17. The van der Waals surface area contributed by atoms with Crippen molar-refractivity contribution in [3.63, 3.8) is 0 Å². The molecule has 0 fully saturated rings. The quantitative estimate of drug-likeness (QED) is 0.551. The molecule has 22 heavy (non-hydrogen) atoms. The molecule has 0 aliphatic heterocycles. The van der Waals surface area contributed by atoms with Gasteiger partial charge in [-0.15, -0.1) is 0 Å². The molecule has 0 radical (unpaired) electrons. The van der Waals surface area contributed by atoms with E-state index in [0.29, 0.717) is 12.1 Å². The van der Waals surface area contributed by atoms with Gasteiger partial charge in [0.2, 0.25) is 0 Å². The number of rotatable bonds is 3. The summed E-state index contributed by atoms with van der Waals surface area (Å²) >= 11 is 0. The molecule has 1 nitrogen and oxygen atoms in total. The lowest BCUT2D eigenvalue weighted by Gasteiger charge is -2.31. The molecule has 0 aliphatic carbocycles. The lowest BCUT2D eigenvalue weighted by molar-refractivity contribution is -0.348. The summed E-state index contributed by atoms with van der Waals surface area (Å²) in [6, 6.07) is 0.855. The van der Waals surface area contributed by atoms with E-state index in [9.17, 15) is 35.5 Å². The van der Waals surface area contributed by atoms with Crippen LogP contribution in [0.5, 0.6) is 0 Å². The number of carbonyl (C=O) groups is 1. The highest BCUT2D eigenvalue weighted by Crippen LogP contribution is 2.53. The maximum atomic E-state index is 14.0. The van der Waals surface area contributed by atoms with Crippen molar-refractivity contribution in [2.45, 2.75) is 45.2 Å². The third-order valence-electron chi connectivity index (χ3n) is 3.31. The smallest absolute Gasteiger partial charge is 0.294 e. The average Bonchev–Trinajstić information content (AvgIpc) is 2.33. The van der Waals surface area contributed by atoms with E-state index in [0.717, 1.165) is 0 Å². The van der Waals surface area contributed by atoms with Crippen LogP contribution in [0.1, 0.15) is 40.4 Å². The Balaban J connectivity index is 3.65. The first-order valence-electron chi connectivity index (χ1n) is 6.24. The molecule has 0 atom stereocenters. The fourth-order valence-corrected chi connectivity index (χ4v) is 2.27. The summed E-state index contributed by atoms with van der Waals surface area (Å²) in [6.07, 6.45) is -12.3. The Hall–Kier alpha value is -1.60. The SMILES string of the molecule is CCC(=O)c1c(C)cc(C(F)(C(F)(F)F)C(F)(F)F)cc1C. The van der Waals surface area contributed by atoms with Crippen LogP contribution in [-0.4, -0.2) is 18.1 Å². The number of benzene rings is 1. The average molecular weight is 330 g/mol. The van der Waals surface area contributed by atoms with Gasteiger partial charge in [0.1, 0.15) is 0 Å². The molecule has 0 heterocycles. The summed E-state index contributed by atoms with van der Waals surface area (Å²) in [5.74, 6) is -0.440. The molecule has 0 spiro atoms. The first-order chi connectivity index (χ1) is 9.77. The molecule has 1 aromatic rings. The van der Waals surface area contributed by atoms with E-state index >= 15 is 0 Å². The minimum absolute atomic E-state index is 0.0120. The first-order valence-corrected chi connectivity index (χ1v) is 6.24. The van der Waals surface area contributed by atoms with E-state index < -0.39 is 29.4 Å². The normalized spacial score (nSPS) is 13.4. The largest absolute Gasteiger partial charge is 0.435 e. The fourth-order valence-electron chi connectivity index (χ4n) is 2.27. The van der Waals surface area contributed by atoms with Gasteiger partial charge in [0.05, 0.1) is 0 Å². The van der Waals surface area contributed by atoms with Gasteiger partial charge in [0.25, 0.3) is 0 Å². The Morgan fingerprint density at radius 2 is 1.27 bits per heavy atom. The van der Waals surface area contributed by atoms with E-state index in [1.54, 1.807) is 0 Å². The molecular weight excluding hydrogens is 317 g/mol. The van der Waals surface area contributed by atoms with Crippen molar-refractivity contribution < 1.29 is 35.5 Å². The highest BCUT2D eigenvalue weighted by molar-refractivity contribution is 5.98. The van der Waals surface area contributed by atoms with E-state index in [-0.39, 0.29) is 23.1 Å². The van der Waals surface area contributed by atoms with Gasteiger partial charge in [-0.2, -0.15) is 26.3 Å². The zero-order valence-corrected chi connectivity index (χ0v) is 11.9. The highest BCUT2D eigenvalue weighted by atomic mass is 19.4. The van der Waals surface area contributed by atoms with Crippen LogP contribution < -0.4 is 0 Å². The number of Topliss-reactive ketones (excluding diaryl/α,β-unsaturated/α-hetero) is 1. The van der Waals surface area contributed by atoms with E-state index in [2.05, 4.69) is 0 Å². The summed E-state index contributed by atoms with van der Waals surface area (Å²) in [4.78, 5) is 11.7. The first kappa shape index (κ1) is 18.4. The van der Waals surface area contributed by atoms with Gasteiger partial charge >= 0.3 is 18.0 Å². The van der Waals surface area contributed by atoms with Crippen molar-refractivity contribution in [1.82, 2.24) is 0 Å². The maximum Gasteiger partial charge on any atom is 0.435 e. The molecule has 0 bridgehead atoms. The molecule has 0 aromatic heterocycles. The van der Waals surface area contributed by atoms with Crippen molar-refractivity contribution in [3.8, 4) is 0 Å². The molecular formula is C14H13F7O. The number of carbonyl (C=O) groups excluding carboxylic acids is 1. The molecule has 0 saturated carbocycles. The van der Waals surface area contributed by atoms with Gasteiger partial charge in [-0.3, -0.25) is 4.79 Å². The van der Waals surface area contributed by atoms with Crippen molar-refractivity contribution in [2.24, 2.45) is 0 Å². The number of hydrogen-bond acceptors (Lipinski definition) is 1. The number of aryl methyl sites for hydroxylation is 2. The zero-order chi connectivity index (χ0) is 17.5. The van der Waals surface area contributed by atoms with Crippen LogP contribution in [0.3, 0.4) is 0 Å². The molecule has 1 aromatic carbocycles. The van der Waals surface area contributed by atoms with E-state index in [1.807, 2.05) is 0 Å². The molecule has 0 N–H and O–H groups in total. The lowest BCUT2D eigenvalue weighted by atomic mass is 9.87. The van der Waals surface area contributed by atoms with Gasteiger partial charge in [-0.1, -0.05) is 19.1 Å². The van der Waals surface area contributed by atoms with Crippen molar-refractivity contribution >= 4 is 5.78 Å². The van der Waals surface area contributed by atoms with Crippen molar-refractivity contribution in [1.29, 1.82) is 0 Å². The van der Waals surface area contributed by atoms with Crippen LogP contribution in [-0.2, 0) is 5.67 Å². The third kappa shape index (κ3) is 2.83. The van der Waals surface area contributed by atoms with Crippen LogP contribution in [0.25, 0.3) is 0 Å². The van der Waals surface area contributed by atoms with Crippen LogP contribution in [0.4, 0.5) is 30.7 Å². The number of ketones is 1. The Labute approximate surface area is 122 Å². The summed E-state index contributed by atoms with van der Waals surface area (Å²) < 4.78 is 90.3. The lowest BCUT2D eigenvalue weighted by Crippen LogP contribution is -2.50. The number of halogens is 7. The molecule has 1 rings (SSSR count). The standard InChI is InChI=1S/C14H13F7O/c1-4-10(22)11-7(2)5-9(6-8(11)3)12(15,13(16,17)18)14(19,20)21/h5-6H,4H2,1-3H3. The Morgan fingerprint density at radius 1 is 0.909 bits per heavy atom. The monoisotopic (exact) mass is 330 g/mol. The Bertz CT molecular complexity index is 547. The second-order valence-electron chi connectivity index (χ2n) is 4.92. The number of alkyl halides is 7. The predicted molar refractivity (Wildman–Crippen MR) is 65.4 cm³/mol. The summed E-state index contributed by atoms with van der Waals surface area (Å²) in [5, 5.41) is 0. The van der Waals surface area contributed by atoms with Crippen LogP contribution in [0, 0.1) is 13.8 Å². The molecule has 8 heteroatoms. The zero-order valence-electron chi connectivity index (χ0n) is 11.9. The van der Waals surface area contributed by atoms with Crippen LogP contribution >= 0.6 is 0 Å². The molecule has 0 amide bonds. The molecule has 0 aliphatic rings. The highest BCUT2D eigenvalue weighted by Gasteiger charge is 2.73. The second kappa shape index (κ2) is 5.55. The van der Waals surface area contributed by atoms with Crippen LogP contribution in [0.2, 0.25) is 0 Å². The van der Waals surface area contributed by atoms with Gasteiger partial charge in [0.15, 0.2) is 5.78 Å². The van der Waals surface area contributed by atoms with Crippen LogP contribution in [0.15, 0.2) is 12.1 Å². The van der Waals surface area contributed by atoms with E-state index in [4.69, 9.17) is 0 Å². The summed E-state index contributed by atoms with van der Waals surface area (Å²) in [7, 11) is 0. The van der Waals surface area contributed by atoms with E-state index in [1.165, 1.54) is 20.8 Å². The molecule has 124 valence electrons. The predicted octanol–water partition coefficient (Wildman–Crippen LogP) is 5.19. The van der Waals surface area contributed by atoms with Gasteiger partial charge in [0, 0.05) is 17.5 Å². The minimum Gasteiger partial charge on any atom is -0.294 e. The van der Waals surface area contributed by atoms with Gasteiger partial charge in [-0.05, 0) is 25.0 Å². The van der Waals surface area contributed by atoms with Crippen molar-refractivity contribution in [2.75, 3.05) is 0 Å². The summed E-state index contributed by atoms with van der Waals surface area (Å²) in [6.45, 7) is 3.85. The second-order valence-corrected chi connectivity index (χ2v) is 4.92. The third-order valence-corrected chi connectivity index (χ3v) is 3.31. The Kier molecular flexibility index (Phi) is 4.65. The van der Waals surface area contributed by atoms with Crippen molar-refractivity contribution in [3.05, 3.63) is 34.4 Å². The summed E-state index contributed by atoms with van der Waals surface area (Å²) in [5.41, 5.74) is -7.30. The maximum absolute atomic E-state index is 14.0. The Morgan fingerprint density at radius 3 is 1.55 bits per heavy atom. The molecule has 0 saturated heterocycles. The molecule has 0 unspecified atom stereocenters. The topological polar surface area (TPSA) is 17.1 Å².